The zero-order valence-corrected chi connectivity index (χ0v) is 18.0. The van der Waals surface area contributed by atoms with Gasteiger partial charge in [-0.05, 0) is 72.7 Å². The number of benzene rings is 3. The smallest absolute Gasteiger partial charge is 0.201 e. The van der Waals surface area contributed by atoms with Gasteiger partial charge in [0, 0.05) is 17.2 Å². The number of rotatable bonds is 3. The van der Waals surface area contributed by atoms with Gasteiger partial charge in [-0.15, -0.1) is 0 Å². The fourth-order valence-electron chi connectivity index (χ4n) is 4.27. The van der Waals surface area contributed by atoms with Crippen molar-refractivity contribution in [3.63, 3.8) is 0 Å². The normalized spacial score (nSPS) is 10.9. The first-order valence-electron chi connectivity index (χ1n) is 10.2. The molecule has 0 bridgehead atoms. The Morgan fingerprint density at radius 1 is 0.517 bits per heavy atom. The van der Waals surface area contributed by atoms with E-state index < -0.39 is 0 Å². The molecule has 3 aromatic carbocycles. The molecule has 4 rings (SSSR count). The zero-order chi connectivity index (χ0) is 20.5. The second-order valence-corrected chi connectivity index (χ2v) is 8.03. The summed E-state index contributed by atoms with van der Waals surface area (Å²) in [6.45, 7) is 8.80. The van der Waals surface area contributed by atoms with E-state index in [2.05, 4.69) is 118 Å². The van der Waals surface area contributed by atoms with E-state index in [0.717, 1.165) is 0 Å². The molecule has 1 heterocycles. The van der Waals surface area contributed by atoms with E-state index in [1.807, 2.05) is 0 Å². The maximum atomic E-state index is 2.35. The summed E-state index contributed by atoms with van der Waals surface area (Å²) >= 11 is 0. The van der Waals surface area contributed by atoms with Gasteiger partial charge in [0.25, 0.3) is 0 Å². The zero-order valence-electron chi connectivity index (χ0n) is 18.0. The standard InChI is InChI=1S/C28H28N/c1-19-11-9-10-14-24(19)26-17-28(29(5)18-22(26)4)27-16-25(20(2)15-21(27)3)23-12-7-6-8-13-23/h6-18H,1-5H3/q+1. The Morgan fingerprint density at radius 2 is 1.17 bits per heavy atom. The molecule has 0 radical (unpaired) electrons. The molecular formula is C28H28N+. The molecule has 0 aliphatic heterocycles. The van der Waals surface area contributed by atoms with Crippen LogP contribution in [0.4, 0.5) is 0 Å². The first-order chi connectivity index (χ1) is 14.0. The van der Waals surface area contributed by atoms with Gasteiger partial charge in [0.15, 0.2) is 6.20 Å². The summed E-state index contributed by atoms with van der Waals surface area (Å²) in [5.74, 6) is 0. The van der Waals surface area contributed by atoms with Crippen LogP contribution in [0.1, 0.15) is 22.3 Å². The molecule has 1 nitrogen and oxygen atoms in total. The molecule has 0 unspecified atom stereocenters. The molecular weight excluding hydrogens is 350 g/mol. The highest BCUT2D eigenvalue weighted by Gasteiger charge is 2.19. The molecule has 0 saturated carbocycles. The predicted octanol–water partition coefficient (Wildman–Crippen LogP) is 6.75. The highest BCUT2D eigenvalue weighted by molar-refractivity contribution is 5.78. The third-order valence-electron chi connectivity index (χ3n) is 5.84. The van der Waals surface area contributed by atoms with E-state index in [0.29, 0.717) is 0 Å². The Labute approximate surface area is 174 Å². The van der Waals surface area contributed by atoms with E-state index in [-0.39, 0.29) is 0 Å². The molecule has 0 fully saturated rings. The lowest BCUT2D eigenvalue weighted by atomic mass is 9.91. The minimum Gasteiger partial charge on any atom is -0.201 e. The van der Waals surface area contributed by atoms with E-state index in [1.165, 1.54) is 55.8 Å². The van der Waals surface area contributed by atoms with Crippen LogP contribution < -0.4 is 4.57 Å². The lowest BCUT2D eigenvalue weighted by Crippen LogP contribution is -2.31. The van der Waals surface area contributed by atoms with Gasteiger partial charge in [0.2, 0.25) is 5.69 Å². The number of aromatic nitrogens is 1. The molecule has 0 atom stereocenters. The Kier molecular flexibility index (Phi) is 5.07. The third-order valence-corrected chi connectivity index (χ3v) is 5.84. The molecule has 0 aliphatic rings. The minimum atomic E-state index is 1.24. The number of aryl methyl sites for hydroxylation is 5. The maximum absolute atomic E-state index is 2.35. The number of pyridine rings is 1. The quantitative estimate of drug-likeness (QED) is 0.347. The summed E-state index contributed by atoms with van der Waals surface area (Å²) < 4.78 is 2.25. The highest BCUT2D eigenvalue weighted by atomic mass is 14.9. The fourth-order valence-corrected chi connectivity index (χ4v) is 4.27. The maximum Gasteiger partial charge on any atom is 0.213 e. The van der Waals surface area contributed by atoms with Gasteiger partial charge < -0.3 is 0 Å². The van der Waals surface area contributed by atoms with Crippen molar-refractivity contribution in [2.24, 2.45) is 7.05 Å². The predicted molar refractivity (Wildman–Crippen MR) is 123 cm³/mol. The van der Waals surface area contributed by atoms with Crippen LogP contribution in [-0.2, 0) is 7.05 Å². The lowest BCUT2D eigenvalue weighted by Gasteiger charge is -2.14. The molecule has 0 aliphatic carbocycles. The topological polar surface area (TPSA) is 3.88 Å². The van der Waals surface area contributed by atoms with Gasteiger partial charge in [0.1, 0.15) is 7.05 Å². The monoisotopic (exact) mass is 378 g/mol. The molecule has 4 aromatic rings. The number of hydrogen-bond acceptors (Lipinski definition) is 0. The third kappa shape index (κ3) is 3.61. The summed E-state index contributed by atoms with van der Waals surface area (Å²) in [7, 11) is 2.14. The van der Waals surface area contributed by atoms with Crippen LogP contribution in [0, 0.1) is 27.7 Å². The molecule has 144 valence electrons. The van der Waals surface area contributed by atoms with E-state index >= 15 is 0 Å². The van der Waals surface area contributed by atoms with Crippen molar-refractivity contribution < 1.29 is 4.57 Å². The summed E-state index contributed by atoms with van der Waals surface area (Å²) in [5.41, 5.74) is 12.9. The molecule has 0 amide bonds. The van der Waals surface area contributed by atoms with Crippen molar-refractivity contribution in [1.82, 2.24) is 0 Å². The summed E-state index contributed by atoms with van der Waals surface area (Å²) in [5, 5.41) is 0. The van der Waals surface area contributed by atoms with Crippen LogP contribution in [0.15, 0.2) is 79.0 Å². The molecule has 0 spiro atoms. The van der Waals surface area contributed by atoms with Crippen molar-refractivity contribution in [3.8, 4) is 33.5 Å². The Bertz CT molecular complexity index is 1190. The Morgan fingerprint density at radius 3 is 1.90 bits per heavy atom. The summed E-state index contributed by atoms with van der Waals surface area (Å²) in [6.07, 6.45) is 2.25. The van der Waals surface area contributed by atoms with E-state index in [1.54, 1.807) is 0 Å². The second kappa shape index (κ2) is 7.67. The van der Waals surface area contributed by atoms with Crippen molar-refractivity contribution in [1.29, 1.82) is 0 Å². The fraction of sp³-hybridized carbons (Fsp3) is 0.179. The molecule has 0 N–H and O–H groups in total. The number of hydrogen-bond donors (Lipinski definition) is 0. The van der Waals surface area contributed by atoms with Crippen LogP contribution in [0.3, 0.4) is 0 Å². The molecule has 1 heteroatoms. The average molecular weight is 379 g/mol. The number of nitrogens with zero attached hydrogens (tertiary/aromatic N) is 1. The summed E-state index contributed by atoms with van der Waals surface area (Å²) in [4.78, 5) is 0. The average Bonchev–Trinajstić information content (AvgIpc) is 2.70. The lowest BCUT2D eigenvalue weighted by molar-refractivity contribution is -0.660. The van der Waals surface area contributed by atoms with Gasteiger partial charge in [-0.3, -0.25) is 0 Å². The summed E-state index contributed by atoms with van der Waals surface area (Å²) in [6, 6.07) is 26.3. The van der Waals surface area contributed by atoms with Crippen LogP contribution in [0.2, 0.25) is 0 Å². The van der Waals surface area contributed by atoms with Crippen molar-refractivity contribution in [3.05, 3.63) is 101 Å². The van der Waals surface area contributed by atoms with Gasteiger partial charge in [0.05, 0.1) is 0 Å². The van der Waals surface area contributed by atoms with Crippen molar-refractivity contribution in [2.75, 3.05) is 0 Å². The molecule has 29 heavy (non-hydrogen) atoms. The van der Waals surface area contributed by atoms with Crippen LogP contribution in [0.5, 0.6) is 0 Å². The van der Waals surface area contributed by atoms with E-state index in [9.17, 15) is 0 Å². The minimum absolute atomic E-state index is 1.24. The highest BCUT2D eigenvalue weighted by Crippen LogP contribution is 2.34. The SMILES string of the molecule is Cc1cc(C)c(-c2cc(-c3ccccc3C)c(C)c[n+]2C)cc1-c1ccccc1. The molecule has 1 aromatic heterocycles. The largest absolute Gasteiger partial charge is 0.213 e. The van der Waals surface area contributed by atoms with Gasteiger partial charge in [-0.1, -0.05) is 60.7 Å². The van der Waals surface area contributed by atoms with Crippen LogP contribution in [0.25, 0.3) is 33.5 Å². The molecule has 0 saturated heterocycles. The van der Waals surface area contributed by atoms with Gasteiger partial charge in [-0.2, -0.15) is 0 Å². The van der Waals surface area contributed by atoms with Crippen molar-refractivity contribution in [2.45, 2.75) is 27.7 Å². The van der Waals surface area contributed by atoms with Crippen molar-refractivity contribution >= 4 is 0 Å². The van der Waals surface area contributed by atoms with Gasteiger partial charge >= 0.3 is 0 Å². The first-order valence-corrected chi connectivity index (χ1v) is 10.2. The van der Waals surface area contributed by atoms with Crippen LogP contribution >= 0.6 is 0 Å². The Hall–Kier alpha value is -3.19. The Balaban J connectivity index is 1.94. The first kappa shape index (κ1) is 19.1. The second-order valence-electron chi connectivity index (χ2n) is 8.03. The van der Waals surface area contributed by atoms with Crippen LogP contribution in [-0.4, -0.2) is 0 Å². The van der Waals surface area contributed by atoms with E-state index in [4.69, 9.17) is 0 Å². The van der Waals surface area contributed by atoms with Gasteiger partial charge in [-0.25, -0.2) is 4.57 Å².